The second-order valence-electron chi connectivity index (χ2n) is 5.74. The van der Waals surface area contributed by atoms with Crippen LogP contribution in [0.1, 0.15) is 36.1 Å². The number of rotatable bonds is 3. The number of aromatic amines is 1. The Balaban J connectivity index is 2.27. The number of nitriles is 1. The van der Waals surface area contributed by atoms with Gasteiger partial charge >= 0.3 is 0 Å². The highest BCUT2D eigenvalue weighted by Crippen LogP contribution is 2.42. The van der Waals surface area contributed by atoms with Crippen molar-refractivity contribution in [3.05, 3.63) is 72.9 Å². The van der Waals surface area contributed by atoms with Gasteiger partial charge in [0.1, 0.15) is 17.4 Å². The Kier molecular flexibility index (Phi) is 4.76. The van der Waals surface area contributed by atoms with Gasteiger partial charge in [-0.1, -0.05) is 42.6 Å². The molecule has 128 valence electrons. The summed E-state index contributed by atoms with van der Waals surface area (Å²) in [5, 5.41) is 10.4. The molecule has 0 saturated heterocycles. The van der Waals surface area contributed by atoms with E-state index in [1.165, 1.54) is 0 Å². The van der Waals surface area contributed by atoms with Gasteiger partial charge in [-0.25, -0.2) is 0 Å². The molecule has 0 aliphatic carbocycles. The molecular weight excluding hydrogens is 361 g/mol. The molecule has 0 saturated carbocycles. The zero-order chi connectivity index (χ0) is 18.1. The number of halogens is 2. The maximum atomic E-state index is 12.7. The quantitative estimate of drug-likeness (QED) is 0.851. The normalized spacial score (nSPS) is 16.2. The van der Waals surface area contributed by atoms with Gasteiger partial charge in [0.15, 0.2) is 0 Å². The number of ether oxygens (including phenoxy) is 1. The van der Waals surface area contributed by atoms with Gasteiger partial charge in [-0.05, 0) is 24.1 Å². The van der Waals surface area contributed by atoms with Crippen LogP contribution in [0.3, 0.4) is 0 Å². The molecule has 1 aliphatic heterocycles. The topological polar surface area (TPSA) is 91.9 Å². The monoisotopic (exact) mass is 375 g/mol. The number of hydrogen-bond donors (Lipinski definition) is 2. The predicted molar refractivity (Wildman–Crippen MR) is 96.8 cm³/mol. The molecule has 1 atom stereocenters. The number of H-pyrrole nitrogens is 1. The van der Waals surface area contributed by atoms with Crippen molar-refractivity contribution < 1.29 is 4.74 Å². The summed E-state index contributed by atoms with van der Waals surface area (Å²) < 4.78 is 5.56. The fourth-order valence-corrected chi connectivity index (χ4v) is 3.50. The molecule has 2 heterocycles. The third-order valence-corrected chi connectivity index (χ3v) is 4.63. The van der Waals surface area contributed by atoms with Crippen LogP contribution >= 0.6 is 23.2 Å². The zero-order valence-corrected chi connectivity index (χ0v) is 14.9. The summed E-state index contributed by atoms with van der Waals surface area (Å²) in [5.74, 6) is -0.392. The second kappa shape index (κ2) is 6.83. The molecular formula is C18H15Cl2N3O2. The SMILES string of the molecule is CCCc1cc2c(c(=O)[nH]1)C(c1ccc(Cl)cc1Cl)C(C#N)=C(N)O2. The lowest BCUT2D eigenvalue weighted by Crippen LogP contribution is -2.28. The maximum Gasteiger partial charge on any atom is 0.256 e. The molecule has 0 fully saturated rings. The summed E-state index contributed by atoms with van der Waals surface area (Å²) in [5.41, 5.74) is 7.40. The highest BCUT2D eigenvalue weighted by Gasteiger charge is 2.34. The average molecular weight is 376 g/mol. The third kappa shape index (κ3) is 3.11. The molecule has 0 amide bonds. The fourth-order valence-electron chi connectivity index (χ4n) is 2.99. The van der Waals surface area contributed by atoms with Gasteiger partial charge in [-0.15, -0.1) is 0 Å². The van der Waals surface area contributed by atoms with Crippen molar-refractivity contribution in [2.45, 2.75) is 25.7 Å². The van der Waals surface area contributed by atoms with Crippen molar-refractivity contribution in [2.75, 3.05) is 0 Å². The van der Waals surface area contributed by atoms with Crippen LogP contribution in [0.15, 0.2) is 40.5 Å². The fraction of sp³-hybridized carbons (Fsp3) is 0.222. The lowest BCUT2D eigenvalue weighted by molar-refractivity contribution is 0.391. The number of nitrogens with two attached hydrogens (primary N) is 1. The van der Waals surface area contributed by atoms with Crippen LogP contribution in [-0.4, -0.2) is 4.98 Å². The van der Waals surface area contributed by atoms with E-state index >= 15 is 0 Å². The van der Waals surface area contributed by atoms with Crippen molar-refractivity contribution in [3.8, 4) is 11.8 Å². The molecule has 7 heteroatoms. The van der Waals surface area contributed by atoms with Gasteiger partial charge < -0.3 is 15.5 Å². The number of benzene rings is 1. The highest BCUT2D eigenvalue weighted by molar-refractivity contribution is 6.35. The largest absolute Gasteiger partial charge is 0.440 e. The average Bonchev–Trinajstić information content (AvgIpc) is 2.54. The van der Waals surface area contributed by atoms with Crippen LogP contribution < -0.4 is 16.0 Å². The van der Waals surface area contributed by atoms with E-state index in [0.29, 0.717) is 33.3 Å². The number of hydrogen-bond acceptors (Lipinski definition) is 4. The second-order valence-corrected chi connectivity index (χ2v) is 6.59. The Morgan fingerprint density at radius 2 is 2.12 bits per heavy atom. The maximum absolute atomic E-state index is 12.7. The Hall–Kier alpha value is -2.42. The van der Waals surface area contributed by atoms with Crippen LogP contribution in [0.2, 0.25) is 10.0 Å². The summed E-state index contributed by atoms with van der Waals surface area (Å²) >= 11 is 12.3. The number of fused-ring (bicyclic) bond motifs is 1. The minimum atomic E-state index is -0.710. The van der Waals surface area contributed by atoms with Crippen molar-refractivity contribution in [2.24, 2.45) is 5.73 Å². The van der Waals surface area contributed by atoms with E-state index in [2.05, 4.69) is 4.98 Å². The van der Waals surface area contributed by atoms with E-state index in [1.807, 2.05) is 13.0 Å². The Labute approximate surface area is 154 Å². The molecule has 1 aromatic carbocycles. The molecule has 3 N–H and O–H groups in total. The zero-order valence-electron chi connectivity index (χ0n) is 13.4. The van der Waals surface area contributed by atoms with E-state index < -0.39 is 5.92 Å². The van der Waals surface area contributed by atoms with E-state index in [0.717, 1.165) is 12.1 Å². The number of nitrogens with one attached hydrogen (secondary N) is 1. The molecule has 1 aromatic heterocycles. The Bertz CT molecular complexity index is 973. The first kappa shape index (κ1) is 17.4. The van der Waals surface area contributed by atoms with Crippen molar-refractivity contribution >= 4 is 23.2 Å². The summed E-state index contributed by atoms with van der Waals surface area (Å²) in [6, 6.07) is 8.70. The number of aryl methyl sites for hydroxylation is 1. The summed E-state index contributed by atoms with van der Waals surface area (Å²) in [6.45, 7) is 2.01. The Morgan fingerprint density at radius 1 is 1.36 bits per heavy atom. The van der Waals surface area contributed by atoms with Gasteiger partial charge in [0.05, 0.1) is 11.5 Å². The third-order valence-electron chi connectivity index (χ3n) is 4.07. The molecule has 1 unspecified atom stereocenters. The summed E-state index contributed by atoms with van der Waals surface area (Å²) in [7, 11) is 0. The first-order valence-electron chi connectivity index (χ1n) is 7.74. The van der Waals surface area contributed by atoms with Crippen LogP contribution in [0.4, 0.5) is 0 Å². The molecule has 0 bridgehead atoms. The first-order valence-corrected chi connectivity index (χ1v) is 8.50. The highest BCUT2D eigenvalue weighted by atomic mass is 35.5. The van der Waals surface area contributed by atoms with Crippen LogP contribution in [0.5, 0.6) is 5.75 Å². The van der Waals surface area contributed by atoms with Crippen molar-refractivity contribution in [1.29, 1.82) is 5.26 Å². The predicted octanol–water partition coefficient (Wildman–Crippen LogP) is 3.85. The first-order chi connectivity index (χ1) is 12.0. The minimum absolute atomic E-state index is 0.0286. The number of nitrogens with zero attached hydrogens (tertiary/aromatic N) is 1. The molecule has 25 heavy (non-hydrogen) atoms. The number of pyridine rings is 1. The van der Waals surface area contributed by atoms with Crippen LogP contribution in [0, 0.1) is 11.3 Å². The minimum Gasteiger partial charge on any atom is -0.440 e. The number of aromatic nitrogens is 1. The molecule has 0 spiro atoms. The molecule has 3 rings (SSSR count). The van der Waals surface area contributed by atoms with Gasteiger partial charge in [-0.3, -0.25) is 4.79 Å². The van der Waals surface area contributed by atoms with Crippen LogP contribution in [-0.2, 0) is 6.42 Å². The lowest BCUT2D eigenvalue weighted by atomic mass is 9.84. The summed E-state index contributed by atoms with van der Waals surface area (Å²) in [4.78, 5) is 15.6. The molecule has 0 radical (unpaired) electrons. The van der Waals surface area contributed by atoms with Gasteiger partial charge in [0.25, 0.3) is 5.56 Å². The van der Waals surface area contributed by atoms with Crippen molar-refractivity contribution in [3.63, 3.8) is 0 Å². The molecule has 2 aromatic rings. The van der Waals surface area contributed by atoms with E-state index in [1.54, 1.807) is 24.3 Å². The van der Waals surface area contributed by atoms with Gasteiger partial charge in [0.2, 0.25) is 5.88 Å². The summed E-state index contributed by atoms with van der Waals surface area (Å²) in [6.07, 6.45) is 1.57. The van der Waals surface area contributed by atoms with E-state index in [9.17, 15) is 10.1 Å². The van der Waals surface area contributed by atoms with E-state index in [-0.39, 0.29) is 17.0 Å². The van der Waals surface area contributed by atoms with E-state index in [4.69, 9.17) is 33.7 Å². The lowest BCUT2D eigenvalue weighted by Gasteiger charge is -2.26. The standard InChI is InChI=1S/C18H15Cl2N3O2/c1-2-3-10-7-14-16(18(24)23-10)15(12(8-21)17(22)25-14)11-5-4-9(19)6-13(11)20/h4-7,15H,2-3,22H2,1H3,(H,23,24). The smallest absolute Gasteiger partial charge is 0.256 e. The van der Waals surface area contributed by atoms with Gasteiger partial charge in [0, 0.05) is 21.8 Å². The van der Waals surface area contributed by atoms with Crippen LogP contribution in [0.25, 0.3) is 0 Å². The molecule has 5 nitrogen and oxygen atoms in total. The van der Waals surface area contributed by atoms with Gasteiger partial charge in [-0.2, -0.15) is 5.26 Å². The Morgan fingerprint density at radius 3 is 2.76 bits per heavy atom. The van der Waals surface area contributed by atoms with Crippen molar-refractivity contribution in [1.82, 2.24) is 4.98 Å². The molecule has 1 aliphatic rings. The number of allylic oxidation sites excluding steroid dienone is 1.